The Labute approximate surface area is 77.0 Å². The molecule has 0 aliphatic rings. The molecule has 0 saturated heterocycles. The Morgan fingerprint density at radius 2 is 2.17 bits per heavy atom. The number of ketones is 1. The van der Waals surface area contributed by atoms with E-state index in [1.807, 2.05) is 0 Å². The maximum atomic E-state index is 10.9. The van der Waals surface area contributed by atoms with E-state index in [2.05, 4.69) is 6.58 Å². The molecule has 3 nitrogen and oxygen atoms in total. The molecule has 0 bridgehead atoms. The lowest BCUT2D eigenvalue weighted by atomic mass is 10.3. The summed E-state index contributed by atoms with van der Waals surface area (Å²) in [5, 5.41) is 0. The van der Waals surface area contributed by atoms with Crippen LogP contribution in [0.25, 0.3) is 0 Å². The van der Waals surface area contributed by atoms with Crippen molar-refractivity contribution in [3.8, 4) is 0 Å². The van der Waals surface area contributed by atoms with Gasteiger partial charge in [-0.25, -0.2) is 0 Å². The third kappa shape index (κ3) is 4.13. The van der Waals surface area contributed by atoms with Gasteiger partial charge in [0.25, 0.3) is 0 Å². The van der Waals surface area contributed by atoms with E-state index >= 15 is 0 Å². The Morgan fingerprint density at radius 1 is 1.58 bits per heavy atom. The van der Waals surface area contributed by atoms with Crippen LogP contribution in [-0.2, 0) is 9.59 Å². The molecule has 68 valence electrons. The molecule has 0 unspecified atom stereocenters. The van der Waals surface area contributed by atoms with Crippen molar-refractivity contribution in [1.82, 2.24) is 4.90 Å². The minimum absolute atomic E-state index is 0.0546. The van der Waals surface area contributed by atoms with Crippen molar-refractivity contribution in [2.75, 3.05) is 19.0 Å². The summed E-state index contributed by atoms with van der Waals surface area (Å²) in [5.41, 5.74) is 0. The highest BCUT2D eigenvalue weighted by atomic mass is 35.5. The average Bonchev–Trinajstić information content (AvgIpc) is 2.03. The molecule has 12 heavy (non-hydrogen) atoms. The van der Waals surface area contributed by atoms with Gasteiger partial charge in [0.1, 0.15) is 0 Å². The first-order chi connectivity index (χ1) is 5.61. The van der Waals surface area contributed by atoms with Gasteiger partial charge in [-0.3, -0.25) is 9.59 Å². The number of hydrogen-bond donors (Lipinski definition) is 0. The minimum Gasteiger partial charge on any atom is -0.332 e. The quantitative estimate of drug-likeness (QED) is 0.475. The molecule has 1 amide bonds. The zero-order valence-electron chi connectivity index (χ0n) is 7.05. The summed E-state index contributed by atoms with van der Waals surface area (Å²) in [6.07, 6.45) is 1.57. The highest BCUT2D eigenvalue weighted by Gasteiger charge is 2.10. The Kier molecular flexibility index (Phi) is 5.37. The number of hydrogen-bond acceptors (Lipinski definition) is 2. The molecule has 0 spiro atoms. The van der Waals surface area contributed by atoms with Crippen LogP contribution in [0.4, 0.5) is 0 Å². The van der Waals surface area contributed by atoms with Gasteiger partial charge in [0.05, 0.1) is 12.4 Å². The standard InChI is InChI=1S/C8H12ClNO2/c1-3-4-10(7(2)11)6-8(12)5-9/h3H,1,4-6H2,2H3. The van der Waals surface area contributed by atoms with E-state index in [0.29, 0.717) is 6.54 Å². The van der Waals surface area contributed by atoms with E-state index in [-0.39, 0.29) is 24.1 Å². The summed E-state index contributed by atoms with van der Waals surface area (Å²) < 4.78 is 0. The van der Waals surface area contributed by atoms with Crippen LogP contribution in [0.1, 0.15) is 6.92 Å². The molecule has 0 radical (unpaired) electrons. The molecular formula is C8H12ClNO2. The minimum atomic E-state index is -0.159. The fourth-order valence-electron chi connectivity index (χ4n) is 0.715. The Morgan fingerprint density at radius 3 is 2.50 bits per heavy atom. The second-order valence-corrected chi connectivity index (χ2v) is 2.63. The first-order valence-electron chi connectivity index (χ1n) is 3.56. The summed E-state index contributed by atoms with van der Waals surface area (Å²) in [7, 11) is 0. The number of carbonyl (C=O) groups excluding carboxylic acids is 2. The van der Waals surface area contributed by atoms with Crippen LogP contribution in [0.2, 0.25) is 0 Å². The molecule has 0 atom stereocenters. The molecule has 0 aliphatic carbocycles. The van der Waals surface area contributed by atoms with Crippen molar-refractivity contribution in [3.05, 3.63) is 12.7 Å². The Hall–Kier alpha value is -0.830. The van der Waals surface area contributed by atoms with Crippen LogP contribution in [-0.4, -0.2) is 35.6 Å². The van der Waals surface area contributed by atoms with Crippen LogP contribution in [0.15, 0.2) is 12.7 Å². The lowest BCUT2D eigenvalue weighted by molar-refractivity contribution is -0.132. The third-order valence-corrected chi connectivity index (χ3v) is 1.61. The molecule has 4 heteroatoms. The van der Waals surface area contributed by atoms with Crippen LogP contribution in [0, 0.1) is 0 Å². The van der Waals surface area contributed by atoms with Gasteiger partial charge in [0, 0.05) is 13.5 Å². The van der Waals surface area contributed by atoms with Crippen molar-refractivity contribution >= 4 is 23.3 Å². The van der Waals surface area contributed by atoms with E-state index in [1.165, 1.54) is 11.8 Å². The Bertz CT molecular complexity index is 191. The first kappa shape index (κ1) is 11.2. The highest BCUT2D eigenvalue weighted by Crippen LogP contribution is 1.91. The number of rotatable bonds is 5. The molecule has 0 aromatic heterocycles. The summed E-state index contributed by atoms with van der Waals surface area (Å²) in [6.45, 7) is 5.35. The monoisotopic (exact) mass is 189 g/mol. The smallest absolute Gasteiger partial charge is 0.220 e. The summed E-state index contributed by atoms with van der Waals surface area (Å²) in [5.74, 6) is -0.358. The van der Waals surface area contributed by atoms with Gasteiger partial charge >= 0.3 is 0 Å². The van der Waals surface area contributed by atoms with Crippen molar-refractivity contribution in [2.24, 2.45) is 0 Å². The maximum absolute atomic E-state index is 10.9. The van der Waals surface area contributed by atoms with E-state index in [9.17, 15) is 9.59 Å². The predicted octanol–water partition coefficient (Wildman–Crippen LogP) is 0.829. The zero-order chi connectivity index (χ0) is 9.56. The third-order valence-electron chi connectivity index (χ3n) is 1.31. The lowest BCUT2D eigenvalue weighted by Gasteiger charge is -2.17. The lowest BCUT2D eigenvalue weighted by Crippen LogP contribution is -2.34. The number of amides is 1. The van der Waals surface area contributed by atoms with Gasteiger partial charge in [-0.05, 0) is 0 Å². The van der Waals surface area contributed by atoms with Crippen LogP contribution < -0.4 is 0 Å². The first-order valence-corrected chi connectivity index (χ1v) is 4.09. The topological polar surface area (TPSA) is 37.4 Å². The largest absolute Gasteiger partial charge is 0.332 e. The predicted molar refractivity (Wildman–Crippen MR) is 48.2 cm³/mol. The SMILES string of the molecule is C=CCN(CC(=O)CCl)C(C)=O. The number of alkyl halides is 1. The highest BCUT2D eigenvalue weighted by molar-refractivity contribution is 6.28. The van der Waals surface area contributed by atoms with Crippen molar-refractivity contribution in [2.45, 2.75) is 6.92 Å². The molecule has 0 heterocycles. The zero-order valence-corrected chi connectivity index (χ0v) is 7.80. The number of carbonyl (C=O) groups is 2. The average molecular weight is 190 g/mol. The number of Topliss-reactive ketones (excluding diaryl/α,β-unsaturated/α-hetero) is 1. The van der Waals surface area contributed by atoms with Crippen molar-refractivity contribution in [3.63, 3.8) is 0 Å². The van der Waals surface area contributed by atoms with E-state index in [1.54, 1.807) is 6.08 Å². The van der Waals surface area contributed by atoms with E-state index in [0.717, 1.165) is 0 Å². The summed E-state index contributed by atoms with van der Waals surface area (Å²) in [4.78, 5) is 23.1. The van der Waals surface area contributed by atoms with Crippen LogP contribution in [0.5, 0.6) is 0 Å². The fraction of sp³-hybridized carbons (Fsp3) is 0.500. The number of halogens is 1. The molecule has 0 aromatic rings. The van der Waals surface area contributed by atoms with Gasteiger partial charge in [0.2, 0.25) is 5.91 Å². The van der Waals surface area contributed by atoms with Gasteiger partial charge in [0.15, 0.2) is 5.78 Å². The number of nitrogens with zero attached hydrogens (tertiary/aromatic N) is 1. The molecular weight excluding hydrogens is 178 g/mol. The summed E-state index contributed by atoms with van der Waals surface area (Å²) in [6, 6.07) is 0. The second-order valence-electron chi connectivity index (χ2n) is 2.36. The van der Waals surface area contributed by atoms with E-state index in [4.69, 9.17) is 11.6 Å². The maximum Gasteiger partial charge on any atom is 0.220 e. The van der Waals surface area contributed by atoms with Crippen molar-refractivity contribution < 1.29 is 9.59 Å². The Balaban J connectivity index is 4.03. The van der Waals surface area contributed by atoms with Gasteiger partial charge in [-0.2, -0.15) is 0 Å². The fourth-order valence-corrected chi connectivity index (χ4v) is 0.800. The van der Waals surface area contributed by atoms with Gasteiger partial charge in [-0.1, -0.05) is 6.08 Å². The molecule has 0 aromatic carbocycles. The summed E-state index contributed by atoms with van der Waals surface area (Å²) >= 11 is 5.29. The van der Waals surface area contributed by atoms with Crippen molar-refractivity contribution in [1.29, 1.82) is 0 Å². The molecule has 0 aliphatic heterocycles. The van der Waals surface area contributed by atoms with E-state index < -0.39 is 0 Å². The molecule has 0 rings (SSSR count). The van der Waals surface area contributed by atoms with Gasteiger partial charge in [-0.15, -0.1) is 18.2 Å². The van der Waals surface area contributed by atoms with Gasteiger partial charge < -0.3 is 4.90 Å². The second kappa shape index (κ2) is 5.77. The van der Waals surface area contributed by atoms with Crippen LogP contribution >= 0.6 is 11.6 Å². The normalized spacial score (nSPS) is 9.17. The molecule has 0 N–H and O–H groups in total. The molecule has 0 saturated carbocycles. The van der Waals surface area contributed by atoms with Crippen LogP contribution in [0.3, 0.4) is 0 Å². The molecule has 0 fully saturated rings.